The number of alkyl halides is 1. The summed E-state index contributed by atoms with van der Waals surface area (Å²) < 4.78 is 54.6. The van der Waals surface area contributed by atoms with E-state index in [9.17, 15) is 22.4 Å². The normalized spacial score (nSPS) is 26.5. The minimum atomic E-state index is -3.44. The summed E-state index contributed by atoms with van der Waals surface area (Å²) in [7, 11) is -3.44. The Balaban J connectivity index is 1.17. The second kappa shape index (κ2) is 11.8. The highest BCUT2D eigenvalue weighted by molar-refractivity contribution is 7.88. The summed E-state index contributed by atoms with van der Waals surface area (Å²) in [5.74, 6) is -0.363. The predicted octanol–water partition coefficient (Wildman–Crippen LogP) is 4.52. The van der Waals surface area contributed by atoms with Crippen LogP contribution in [0.4, 0.5) is 9.18 Å². The van der Waals surface area contributed by atoms with Crippen molar-refractivity contribution < 1.29 is 31.9 Å². The van der Waals surface area contributed by atoms with Gasteiger partial charge in [0, 0.05) is 30.4 Å². The second-order valence-electron chi connectivity index (χ2n) is 13.3. The van der Waals surface area contributed by atoms with Gasteiger partial charge in [0.25, 0.3) is 5.91 Å². The van der Waals surface area contributed by atoms with Gasteiger partial charge in [0.1, 0.15) is 5.60 Å². The molecule has 12 heteroatoms. The van der Waals surface area contributed by atoms with E-state index in [0.717, 1.165) is 37.3 Å². The Morgan fingerprint density at radius 3 is 2.48 bits per heavy atom. The molecule has 1 aromatic carbocycles. The Kier molecular flexibility index (Phi) is 8.70. The Labute approximate surface area is 247 Å². The van der Waals surface area contributed by atoms with E-state index in [0.29, 0.717) is 37.4 Å². The number of aromatic nitrogens is 2. The quantitative estimate of drug-likeness (QED) is 0.492. The van der Waals surface area contributed by atoms with Crippen LogP contribution in [-0.2, 0) is 24.3 Å². The highest BCUT2D eigenvalue weighted by Gasteiger charge is 2.48. The third kappa shape index (κ3) is 7.14. The zero-order valence-electron chi connectivity index (χ0n) is 25.0. The van der Waals surface area contributed by atoms with Crippen LogP contribution in [0, 0.1) is 5.92 Å². The van der Waals surface area contributed by atoms with Gasteiger partial charge in [0.2, 0.25) is 10.0 Å². The summed E-state index contributed by atoms with van der Waals surface area (Å²) >= 11 is 0. The molecule has 42 heavy (non-hydrogen) atoms. The number of sulfonamides is 1. The van der Waals surface area contributed by atoms with Crippen LogP contribution in [-0.4, -0.2) is 84.5 Å². The molecule has 2 aromatic rings. The minimum Gasteiger partial charge on any atom is -0.442 e. The van der Waals surface area contributed by atoms with Gasteiger partial charge in [0.05, 0.1) is 30.7 Å². The van der Waals surface area contributed by atoms with Gasteiger partial charge in [0.15, 0.2) is 5.67 Å². The summed E-state index contributed by atoms with van der Waals surface area (Å²) in [5.41, 5.74) is -0.474. The van der Waals surface area contributed by atoms with Crippen molar-refractivity contribution in [1.82, 2.24) is 19.4 Å². The lowest BCUT2D eigenvalue weighted by Gasteiger charge is -2.43. The Bertz CT molecular complexity index is 1410. The van der Waals surface area contributed by atoms with Gasteiger partial charge in [-0.15, -0.1) is 0 Å². The number of hydrogen-bond donors (Lipinski definition) is 1. The molecule has 2 atom stereocenters. The maximum Gasteiger partial charge on any atom is 0.435 e. The van der Waals surface area contributed by atoms with Crippen molar-refractivity contribution in [2.75, 3.05) is 26.0 Å². The standard InChI is InChI=1S/C30H43FN4O6S/c1-29(2,3)41-28(37)35-26-11-8-21(16-22(26)17-32-35)20-6-9-24(10-7-20)40-19-23-18-34(27(36)30(31)13-5-14-30)15-12-25(23)33-42(4,38)39/h8,11,16-17,20,23-25,33H,5-7,9-10,12-15,18-19H2,1-4H3/t20?,23-,24?,25-/m0/s1. The SMILES string of the molecule is CC(C)(C)OC(=O)n1ncc2cc(C3CCC(OC[C@@H]4CN(C(=O)C5(F)CCC5)CC[C@@H]4NS(C)(=O)=O)CC3)ccc21. The van der Waals surface area contributed by atoms with Crippen LogP contribution >= 0.6 is 0 Å². The van der Waals surface area contributed by atoms with Crippen LogP contribution in [0.2, 0.25) is 0 Å². The van der Waals surface area contributed by atoms with Gasteiger partial charge in [-0.05, 0) is 95.8 Å². The van der Waals surface area contributed by atoms with Gasteiger partial charge in [-0.3, -0.25) is 4.79 Å². The molecule has 0 bridgehead atoms. The summed E-state index contributed by atoms with van der Waals surface area (Å²) in [6.07, 6.45) is 7.59. The van der Waals surface area contributed by atoms with Crippen molar-refractivity contribution in [3.8, 4) is 0 Å². The number of nitrogens with one attached hydrogen (secondary N) is 1. The molecule has 0 unspecified atom stereocenters. The smallest absolute Gasteiger partial charge is 0.435 e. The maximum absolute atomic E-state index is 14.9. The average Bonchev–Trinajstić information content (AvgIpc) is 3.33. The molecule has 1 aromatic heterocycles. The first-order valence-electron chi connectivity index (χ1n) is 15.0. The number of hydrogen-bond acceptors (Lipinski definition) is 7. The van der Waals surface area contributed by atoms with E-state index >= 15 is 0 Å². The molecule has 3 fully saturated rings. The number of ether oxygens (including phenoxy) is 2. The van der Waals surface area contributed by atoms with E-state index in [1.165, 1.54) is 10.2 Å². The first-order chi connectivity index (χ1) is 19.7. The first-order valence-corrected chi connectivity index (χ1v) is 16.9. The van der Waals surface area contributed by atoms with Crippen LogP contribution in [0.3, 0.4) is 0 Å². The van der Waals surface area contributed by atoms with E-state index in [-0.39, 0.29) is 37.5 Å². The van der Waals surface area contributed by atoms with Crippen LogP contribution in [0.1, 0.15) is 83.6 Å². The molecule has 232 valence electrons. The molecule has 1 amide bonds. The van der Waals surface area contributed by atoms with Crippen molar-refractivity contribution in [2.45, 2.75) is 101 Å². The summed E-state index contributed by atoms with van der Waals surface area (Å²) in [6.45, 7) is 6.38. The van der Waals surface area contributed by atoms with E-state index in [1.807, 2.05) is 32.9 Å². The second-order valence-corrected chi connectivity index (χ2v) is 15.1. The molecule has 0 radical (unpaired) electrons. The zero-order chi connectivity index (χ0) is 30.3. The average molecular weight is 607 g/mol. The Morgan fingerprint density at radius 2 is 1.86 bits per heavy atom. The number of piperidine rings is 1. The summed E-state index contributed by atoms with van der Waals surface area (Å²) in [4.78, 5) is 26.9. The minimum absolute atomic E-state index is 0.0315. The molecule has 1 saturated heterocycles. The Morgan fingerprint density at radius 1 is 1.14 bits per heavy atom. The third-order valence-electron chi connectivity index (χ3n) is 8.77. The Hall–Kier alpha value is -2.57. The summed E-state index contributed by atoms with van der Waals surface area (Å²) in [5, 5.41) is 5.13. The lowest BCUT2D eigenvalue weighted by Crippen LogP contribution is -2.58. The van der Waals surface area contributed by atoms with Gasteiger partial charge in [-0.25, -0.2) is 22.3 Å². The number of fused-ring (bicyclic) bond motifs is 1. The lowest BCUT2D eigenvalue weighted by atomic mass is 9.80. The predicted molar refractivity (Wildman–Crippen MR) is 156 cm³/mol. The van der Waals surface area contributed by atoms with E-state index in [1.54, 1.807) is 11.1 Å². The van der Waals surface area contributed by atoms with E-state index in [2.05, 4.69) is 15.9 Å². The maximum atomic E-state index is 14.9. The number of rotatable bonds is 7. The number of benzene rings is 1. The zero-order valence-corrected chi connectivity index (χ0v) is 25.8. The van der Waals surface area contributed by atoms with E-state index in [4.69, 9.17) is 9.47 Å². The van der Waals surface area contributed by atoms with Gasteiger partial charge >= 0.3 is 6.09 Å². The topological polar surface area (TPSA) is 120 Å². The monoisotopic (exact) mass is 606 g/mol. The number of nitrogens with zero attached hydrogens (tertiary/aromatic N) is 3. The fraction of sp³-hybridized carbons (Fsp3) is 0.700. The molecular weight excluding hydrogens is 563 g/mol. The molecule has 10 nitrogen and oxygen atoms in total. The highest BCUT2D eigenvalue weighted by atomic mass is 32.2. The third-order valence-corrected chi connectivity index (χ3v) is 9.50. The molecule has 1 N–H and O–H groups in total. The van der Waals surface area contributed by atoms with Crippen molar-refractivity contribution in [3.63, 3.8) is 0 Å². The molecule has 2 heterocycles. The van der Waals surface area contributed by atoms with Gasteiger partial charge in [-0.2, -0.15) is 9.78 Å². The number of halogens is 1. The van der Waals surface area contributed by atoms with Crippen LogP contribution in [0.5, 0.6) is 0 Å². The number of amides is 1. The number of carbonyl (C=O) groups excluding carboxylic acids is 2. The lowest BCUT2D eigenvalue weighted by molar-refractivity contribution is -0.153. The highest BCUT2D eigenvalue weighted by Crippen LogP contribution is 2.39. The first kappa shape index (κ1) is 30.9. The molecular formula is C30H43FN4O6S. The number of carbonyl (C=O) groups is 2. The van der Waals surface area contributed by atoms with Crippen molar-refractivity contribution in [2.24, 2.45) is 5.92 Å². The largest absolute Gasteiger partial charge is 0.442 e. The molecule has 2 aliphatic carbocycles. The molecule has 5 rings (SSSR count). The molecule has 3 aliphatic rings. The fourth-order valence-corrected chi connectivity index (χ4v) is 7.24. The van der Waals surface area contributed by atoms with Gasteiger partial charge < -0.3 is 14.4 Å². The van der Waals surface area contributed by atoms with Gasteiger partial charge in [-0.1, -0.05) is 6.07 Å². The molecule has 2 saturated carbocycles. The van der Waals surface area contributed by atoms with Crippen LogP contribution < -0.4 is 4.72 Å². The van der Waals surface area contributed by atoms with Crippen LogP contribution in [0.25, 0.3) is 10.9 Å². The van der Waals surface area contributed by atoms with E-state index < -0.39 is 33.3 Å². The summed E-state index contributed by atoms with van der Waals surface area (Å²) in [6, 6.07) is 5.70. The van der Waals surface area contributed by atoms with Crippen molar-refractivity contribution in [1.29, 1.82) is 0 Å². The fourth-order valence-electron chi connectivity index (χ4n) is 6.38. The van der Waals surface area contributed by atoms with Crippen molar-refractivity contribution in [3.05, 3.63) is 30.0 Å². The number of likely N-dealkylation sites (tertiary alicyclic amines) is 1. The van der Waals surface area contributed by atoms with Crippen LogP contribution in [0.15, 0.2) is 24.4 Å². The van der Waals surface area contributed by atoms with Crippen molar-refractivity contribution >= 4 is 32.9 Å². The molecule has 0 spiro atoms. The molecule has 1 aliphatic heterocycles.